The summed E-state index contributed by atoms with van der Waals surface area (Å²) in [5.74, 6) is 0.456. The fourth-order valence-corrected chi connectivity index (χ4v) is 0.569. The number of hydrogen-bond donors (Lipinski definition) is 1. The molecular weight excluding hydrogens is 134 g/mol. The minimum atomic E-state index is 0.456. The largest absolute Gasteiger partial charge is 0.409 e. The Morgan fingerprint density at radius 2 is 2.60 bits per heavy atom. The molecule has 2 rings (SSSR count). The smallest absolute Gasteiger partial charge is 0.223 e. The van der Waals surface area contributed by atoms with E-state index in [4.69, 9.17) is 0 Å². The van der Waals surface area contributed by atoms with Crippen molar-refractivity contribution in [3.8, 4) is 0 Å². The van der Waals surface area contributed by atoms with Gasteiger partial charge < -0.3 is 0 Å². The van der Waals surface area contributed by atoms with Crippen LogP contribution >= 0.6 is 0 Å². The van der Waals surface area contributed by atoms with Gasteiger partial charge in [0.25, 0.3) is 0 Å². The van der Waals surface area contributed by atoms with Gasteiger partial charge >= 0.3 is 5.96 Å². The van der Waals surface area contributed by atoms with Gasteiger partial charge in [0, 0.05) is 0 Å². The molecule has 10 heavy (non-hydrogen) atoms. The van der Waals surface area contributed by atoms with Gasteiger partial charge in [0.1, 0.15) is 17.8 Å². The number of rotatable bonds is 0. The lowest BCUT2D eigenvalue weighted by molar-refractivity contribution is 0.787. The van der Waals surface area contributed by atoms with Crippen molar-refractivity contribution in [1.29, 1.82) is 0 Å². The van der Waals surface area contributed by atoms with Gasteiger partial charge in [-0.25, -0.2) is 4.98 Å². The first-order valence-corrected chi connectivity index (χ1v) is 2.55. The van der Waals surface area contributed by atoms with E-state index in [9.17, 15) is 0 Å². The second kappa shape index (κ2) is 1.87. The molecular formula is C3H3N7+. The maximum absolute atomic E-state index is 3.79. The van der Waals surface area contributed by atoms with Crippen molar-refractivity contribution in [2.75, 3.05) is 0 Å². The lowest BCUT2D eigenvalue weighted by Gasteiger charge is -1.84. The third-order valence-electron chi connectivity index (χ3n) is 0.970. The Labute approximate surface area is 55.4 Å². The standard InChI is InChI=1S/C3H3N7/c1-4-2-10(5-1)3-6-8-9-7-3/h1-2H,(H,6,7,8)/q+1. The molecule has 1 aromatic heterocycles. The number of nitrogens with one attached hydrogen (secondary N) is 1. The van der Waals surface area contributed by atoms with Crippen LogP contribution in [-0.4, -0.2) is 20.7 Å². The van der Waals surface area contributed by atoms with Crippen molar-refractivity contribution >= 4 is 5.96 Å². The second-order valence-corrected chi connectivity index (χ2v) is 1.56. The van der Waals surface area contributed by atoms with Crippen molar-refractivity contribution < 1.29 is 0 Å². The summed E-state index contributed by atoms with van der Waals surface area (Å²) in [7, 11) is 0. The molecule has 7 nitrogen and oxygen atoms in total. The molecule has 49 valence electrons. The van der Waals surface area contributed by atoms with E-state index >= 15 is 0 Å². The predicted octanol–water partition coefficient (Wildman–Crippen LogP) is -1.30. The Hall–Kier alpha value is -1.79. The highest BCUT2D eigenvalue weighted by molar-refractivity contribution is 5.80. The van der Waals surface area contributed by atoms with Crippen LogP contribution in [0.3, 0.4) is 0 Å². The van der Waals surface area contributed by atoms with Gasteiger partial charge in [-0.1, -0.05) is 0 Å². The normalized spacial score (nSPS) is 15.0. The third-order valence-corrected chi connectivity index (χ3v) is 0.970. The first-order valence-electron chi connectivity index (χ1n) is 2.55. The van der Waals surface area contributed by atoms with E-state index in [2.05, 4.69) is 31.1 Å². The summed E-state index contributed by atoms with van der Waals surface area (Å²) in [4.78, 5) is 3.71. The molecule has 1 aromatic rings. The van der Waals surface area contributed by atoms with Gasteiger partial charge in [-0.3, -0.25) is 0 Å². The van der Waals surface area contributed by atoms with Crippen molar-refractivity contribution in [2.24, 2.45) is 10.3 Å². The summed E-state index contributed by atoms with van der Waals surface area (Å²) < 4.78 is 1.43. The second-order valence-electron chi connectivity index (χ2n) is 1.56. The summed E-state index contributed by atoms with van der Waals surface area (Å²) in [5, 5.41) is 14.1. The van der Waals surface area contributed by atoms with Crippen molar-refractivity contribution in [1.82, 2.24) is 25.4 Å². The average molecular weight is 137 g/mol. The molecule has 7 heteroatoms. The summed E-state index contributed by atoms with van der Waals surface area (Å²) in [6, 6.07) is 0. The zero-order valence-electron chi connectivity index (χ0n) is 4.84. The molecule has 1 aliphatic rings. The number of aromatic nitrogens is 3. The van der Waals surface area contributed by atoms with E-state index in [1.54, 1.807) is 0 Å². The lowest BCUT2D eigenvalue weighted by Crippen LogP contribution is -2.27. The van der Waals surface area contributed by atoms with Crippen LogP contribution < -0.4 is 10.6 Å². The van der Waals surface area contributed by atoms with E-state index in [0.29, 0.717) is 5.96 Å². The Morgan fingerprint density at radius 1 is 1.60 bits per heavy atom. The molecule has 0 atom stereocenters. The zero-order valence-corrected chi connectivity index (χ0v) is 4.84. The average Bonchev–Trinajstić information content (AvgIpc) is 2.59. The molecule has 0 saturated carbocycles. The highest BCUT2D eigenvalue weighted by atomic mass is 15.7. The number of hydrogen-bond acceptors (Lipinski definition) is 6. The van der Waals surface area contributed by atoms with Gasteiger partial charge in [0.05, 0.1) is 0 Å². The van der Waals surface area contributed by atoms with Crippen LogP contribution in [0.1, 0.15) is 0 Å². The van der Waals surface area contributed by atoms with Crippen molar-refractivity contribution in [3.63, 3.8) is 0 Å². The van der Waals surface area contributed by atoms with Gasteiger partial charge in [0.2, 0.25) is 5.22 Å². The molecule has 2 heterocycles. The maximum atomic E-state index is 3.79. The minimum Gasteiger partial charge on any atom is -0.223 e. The van der Waals surface area contributed by atoms with E-state index < -0.39 is 0 Å². The van der Waals surface area contributed by atoms with Crippen LogP contribution in [0, 0.1) is 0 Å². The highest BCUT2D eigenvalue weighted by Crippen LogP contribution is 1.84. The summed E-state index contributed by atoms with van der Waals surface area (Å²) >= 11 is 0. The third kappa shape index (κ3) is 0.642. The molecule has 0 spiro atoms. The SMILES string of the molecule is c1ncn(C2=NN=[N+]N2)n1. The Bertz CT molecular complexity index is 269. The monoisotopic (exact) mass is 137 g/mol. The molecule has 1 aliphatic heterocycles. The Kier molecular flexibility index (Phi) is 0.938. The Balaban J connectivity index is 2.30. The van der Waals surface area contributed by atoms with E-state index in [1.165, 1.54) is 17.3 Å². The molecule has 0 aromatic carbocycles. The van der Waals surface area contributed by atoms with E-state index in [0.717, 1.165) is 0 Å². The fraction of sp³-hybridized carbons (Fsp3) is 0. The summed E-state index contributed by atoms with van der Waals surface area (Å²) in [5.41, 5.74) is 2.53. The quantitative estimate of drug-likeness (QED) is 0.482. The van der Waals surface area contributed by atoms with Gasteiger partial charge in [-0.05, 0) is 0 Å². The summed E-state index contributed by atoms with van der Waals surface area (Å²) in [6.45, 7) is 0. The molecule has 0 saturated heterocycles. The Morgan fingerprint density at radius 3 is 3.20 bits per heavy atom. The van der Waals surface area contributed by atoms with Crippen LogP contribution in [0.25, 0.3) is 0 Å². The van der Waals surface area contributed by atoms with Gasteiger partial charge in [-0.15, -0.1) is 5.43 Å². The van der Waals surface area contributed by atoms with E-state index in [-0.39, 0.29) is 0 Å². The highest BCUT2D eigenvalue weighted by Gasteiger charge is 2.16. The van der Waals surface area contributed by atoms with Crippen LogP contribution in [0.15, 0.2) is 23.0 Å². The van der Waals surface area contributed by atoms with Crippen LogP contribution in [0.2, 0.25) is 0 Å². The first-order chi connectivity index (χ1) is 4.97. The molecule has 0 unspecified atom stereocenters. The van der Waals surface area contributed by atoms with Gasteiger partial charge in [0.15, 0.2) is 5.22 Å². The lowest BCUT2D eigenvalue weighted by atomic mass is 11.0. The molecule has 1 radical (unpaired) electrons. The predicted molar refractivity (Wildman–Crippen MR) is 30.6 cm³/mol. The van der Waals surface area contributed by atoms with Crippen LogP contribution in [-0.2, 0) is 0 Å². The molecule has 0 fully saturated rings. The molecule has 0 bridgehead atoms. The number of nitrogens with zero attached hydrogens (tertiary/aromatic N) is 6. The van der Waals surface area contributed by atoms with Crippen molar-refractivity contribution in [2.45, 2.75) is 0 Å². The van der Waals surface area contributed by atoms with E-state index in [1.807, 2.05) is 0 Å². The summed E-state index contributed by atoms with van der Waals surface area (Å²) in [6.07, 6.45) is 2.91. The first kappa shape index (κ1) is 5.03. The van der Waals surface area contributed by atoms with Gasteiger partial charge in [-0.2, -0.15) is 9.78 Å². The zero-order chi connectivity index (χ0) is 6.81. The minimum absolute atomic E-state index is 0.456. The topological polar surface area (TPSA) is 81.6 Å². The van der Waals surface area contributed by atoms with Crippen molar-refractivity contribution in [3.05, 3.63) is 12.7 Å². The molecule has 0 aliphatic carbocycles. The molecule has 0 amide bonds. The molecule has 1 N–H and O–H groups in total. The maximum Gasteiger partial charge on any atom is 0.409 e. The van der Waals surface area contributed by atoms with Crippen LogP contribution in [0.4, 0.5) is 0 Å². The fourth-order valence-electron chi connectivity index (χ4n) is 0.569. The van der Waals surface area contributed by atoms with Crippen LogP contribution in [0.5, 0.6) is 0 Å².